The van der Waals surface area contributed by atoms with Gasteiger partial charge in [0.15, 0.2) is 0 Å². The van der Waals surface area contributed by atoms with Crippen LogP contribution < -0.4 is 4.74 Å². The fraction of sp³-hybridized carbons (Fsp3) is 0.0714. The van der Waals surface area contributed by atoms with E-state index in [-0.39, 0.29) is 5.75 Å². The van der Waals surface area contributed by atoms with E-state index in [0.29, 0.717) is 10.6 Å². The summed E-state index contributed by atoms with van der Waals surface area (Å²) in [6.45, 7) is 0. The quantitative estimate of drug-likeness (QED) is 0.929. The molecule has 0 amide bonds. The van der Waals surface area contributed by atoms with Gasteiger partial charge in [-0.05, 0) is 24.3 Å². The Morgan fingerprint density at radius 3 is 2.37 bits per heavy atom. The summed E-state index contributed by atoms with van der Waals surface area (Å²) in [5, 5.41) is 9.50. The molecule has 0 spiro atoms. The first-order valence-corrected chi connectivity index (χ1v) is 5.85. The SMILES string of the molecule is O=C(O)C(Oc1ccccc1Cl)c1ccc(F)cc1. The van der Waals surface area contributed by atoms with Crippen LogP contribution in [0.2, 0.25) is 5.02 Å². The van der Waals surface area contributed by atoms with E-state index in [2.05, 4.69) is 0 Å². The van der Waals surface area contributed by atoms with E-state index in [9.17, 15) is 14.3 Å². The van der Waals surface area contributed by atoms with Crippen LogP contribution in [-0.2, 0) is 4.79 Å². The van der Waals surface area contributed by atoms with Crippen LogP contribution in [0.3, 0.4) is 0 Å². The van der Waals surface area contributed by atoms with Crippen molar-refractivity contribution in [3.05, 3.63) is 64.9 Å². The number of ether oxygens (including phenoxy) is 1. The minimum atomic E-state index is -1.24. The standard InChI is InChI=1S/C14H10ClFO3/c15-11-3-1-2-4-12(11)19-13(14(17)18)9-5-7-10(16)8-6-9/h1-8,13H,(H,17,18). The second-order valence-electron chi connectivity index (χ2n) is 3.82. The lowest BCUT2D eigenvalue weighted by Crippen LogP contribution is -2.18. The number of hydrogen-bond acceptors (Lipinski definition) is 2. The lowest BCUT2D eigenvalue weighted by molar-refractivity contribution is -0.145. The van der Waals surface area contributed by atoms with Gasteiger partial charge in [0, 0.05) is 5.56 Å². The van der Waals surface area contributed by atoms with Gasteiger partial charge in [0.05, 0.1) is 5.02 Å². The molecule has 1 N–H and O–H groups in total. The highest BCUT2D eigenvalue weighted by molar-refractivity contribution is 6.32. The Labute approximate surface area is 114 Å². The minimum absolute atomic E-state index is 0.265. The molecule has 1 atom stereocenters. The molecule has 0 aromatic heterocycles. The summed E-state index contributed by atoms with van der Waals surface area (Å²) in [5.74, 6) is -1.35. The van der Waals surface area contributed by atoms with Crippen molar-refractivity contribution in [2.45, 2.75) is 6.10 Å². The maximum Gasteiger partial charge on any atom is 0.349 e. The van der Waals surface area contributed by atoms with Gasteiger partial charge in [-0.1, -0.05) is 35.9 Å². The molecular formula is C14H10ClFO3. The Morgan fingerprint density at radius 2 is 1.79 bits per heavy atom. The van der Waals surface area contributed by atoms with E-state index in [1.165, 1.54) is 24.3 Å². The average Bonchev–Trinajstić information content (AvgIpc) is 2.39. The third-order valence-corrected chi connectivity index (χ3v) is 2.79. The molecule has 2 aromatic rings. The lowest BCUT2D eigenvalue weighted by Gasteiger charge is -2.16. The number of carboxylic acids is 1. The number of aliphatic carboxylic acids is 1. The predicted octanol–water partition coefficient (Wildman–Crippen LogP) is 3.68. The first kappa shape index (κ1) is 13.4. The van der Waals surface area contributed by atoms with Crippen LogP contribution in [0.1, 0.15) is 11.7 Å². The van der Waals surface area contributed by atoms with Crippen LogP contribution in [0, 0.1) is 5.82 Å². The van der Waals surface area contributed by atoms with Gasteiger partial charge in [0.2, 0.25) is 6.10 Å². The molecule has 1 unspecified atom stereocenters. The van der Waals surface area contributed by atoms with E-state index in [1.54, 1.807) is 24.3 Å². The van der Waals surface area contributed by atoms with E-state index in [1.807, 2.05) is 0 Å². The number of halogens is 2. The van der Waals surface area contributed by atoms with Crippen molar-refractivity contribution >= 4 is 17.6 Å². The van der Waals surface area contributed by atoms with E-state index < -0.39 is 17.9 Å². The van der Waals surface area contributed by atoms with Gasteiger partial charge in [-0.3, -0.25) is 0 Å². The maximum atomic E-state index is 12.8. The van der Waals surface area contributed by atoms with Gasteiger partial charge >= 0.3 is 5.97 Å². The topological polar surface area (TPSA) is 46.5 Å². The van der Waals surface area contributed by atoms with E-state index >= 15 is 0 Å². The first-order valence-electron chi connectivity index (χ1n) is 5.47. The summed E-state index contributed by atoms with van der Waals surface area (Å²) in [6, 6.07) is 11.7. The second kappa shape index (κ2) is 5.71. The van der Waals surface area contributed by atoms with Crippen molar-refractivity contribution in [3.8, 4) is 5.75 Å². The number of benzene rings is 2. The Hall–Kier alpha value is -2.07. The summed E-state index contributed by atoms with van der Waals surface area (Å²) < 4.78 is 18.2. The van der Waals surface area contributed by atoms with Crippen LogP contribution in [0.4, 0.5) is 4.39 Å². The molecule has 0 saturated carbocycles. The Balaban J connectivity index is 2.29. The number of carboxylic acid groups (broad SMARTS) is 1. The number of para-hydroxylation sites is 1. The fourth-order valence-corrected chi connectivity index (χ4v) is 1.75. The number of carbonyl (C=O) groups is 1. The largest absolute Gasteiger partial charge is 0.478 e. The minimum Gasteiger partial charge on any atom is -0.478 e. The van der Waals surface area contributed by atoms with Crippen LogP contribution in [0.15, 0.2) is 48.5 Å². The second-order valence-corrected chi connectivity index (χ2v) is 4.23. The van der Waals surface area contributed by atoms with E-state index in [0.717, 1.165) is 0 Å². The van der Waals surface area contributed by atoms with E-state index in [4.69, 9.17) is 16.3 Å². The molecule has 0 fully saturated rings. The van der Waals surface area contributed by atoms with Gasteiger partial charge in [-0.15, -0.1) is 0 Å². The summed E-state index contributed by atoms with van der Waals surface area (Å²) in [5.41, 5.74) is 0.341. The molecule has 0 heterocycles. The van der Waals surface area contributed by atoms with Crippen LogP contribution >= 0.6 is 11.6 Å². The van der Waals surface area contributed by atoms with Crippen molar-refractivity contribution in [1.29, 1.82) is 0 Å². The molecule has 19 heavy (non-hydrogen) atoms. The molecule has 0 aliphatic rings. The van der Waals surface area contributed by atoms with Crippen molar-refractivity contribution in [3.63, 3.8) is 0 Å². The summed E-state index contributed by atoms with van der Waals surface area (Å²) in [4.78, 5) is 11.2. The normalized spacial score (nSPS) is 11.9. The van der Waals surface area contributed by atoms with Crippen LogP contribution in [0.25, 0.3) is 0 Å². The zero-order valence-corrected chi connectivity index (χ0v) is 10.5. The van der Waals surface area contributed by atoms with Crippen LogP contribution in [-0.4, -0.2) is 11.1 Å². The molecule has 2 aromatic carbocycles. The highest BCUT2D eigenvalue weighted by Gasteiger charge is 2.22. The van der Waals surface area contributed by atoms with Crippen molar-refractivity contribution in [1.82, 2.24) is 0 Å². The van der Waals surface area contributed by atoms with Gasteiger partial charge in [0.1, 0.15) is 11.6 Å². The molecule has 0 bridgehead atoms. The Morgan fingerprint density at radius 1 is 1.16 bits per heavy atom. The molecule has 3 nitrogen and oxygen atoms in total. The van der Waals surface area contributed by atoms with Crippen molar-refractivity contribution in [2.24, 2.45) is 0 Å². The van der Waals surface area contributed by atoms with Gasteiger partial charge in [0.25, 0.3) is 0 Å². The number of hydrogen-bond donors (Lipinski definition) is 1. The molecule has 0 aliphatic heterocycles. The average molecular weight is 281 g/mol. The highest BCUT2D eigenvalue weighted by atomic mass is 35.5. The maximum absolute atomic E-state index is 12.8. The summed E-state index contributed by atoms with van der Waals surface area (Å²) >= 11 is 5.91. The predicted molar refractivity (Wildman–Crippen MR) is 68.9 cm³/mol. The molecule has 98 valence electrons. The molecular weight excluding hydrogens is 271 g/mol. The number of rotatable bonds is 4. The fourth-order valence-electron chi connectivity index (χ4n) is 1.57. The third kappa shape index (κ3) is 3.23. The van der Waals surface area contributed by atoms with Gasteiger partial charge in [-0.25, -0.2) is 9.18 Å². The monoisotopic (exact) mass is 280 g/mol. The highest BCUT2D eigenvalue weighted by Crippen LogP contribution is 2.29. The van der Waals surface area contributed by atoms with Gasteiger partial charge < -0.3 is 9.84 Å². The lowest BCUT2D eigenvalue weighted by atomic mass is 10.1. The Bertz CT molecular complexity index is 583. The van der Waals surface area contributed by atoms with Crippen molar-refractivity contribution in [2.75, 3.05) is 0 Å². The molecule has 0 saturated heterocycles. The van der Waals surface area contributed by atoms with Crippen molar-refractivity contribution < 1.29 is 19.0 Å². The smallest absolute Gasteiger partial charge is 0.349 e. The molecule has 2 rings (SSSR count). The van der Waals surface area contributed by atoms with Crippen LogP contribution in [0.5, 0.6) is 5.75 Å². The molecule has 5 heteroatoms. The summed E-state index contributed by atoms with van der Waals surface area (Å²) in [7, 11) is 0. The third-order valence-electron chi connectivity index (χ3n) is 2.48. The molecule has 0 aliphatic carbocycles. The first-order chi connectivity index (χ1) is 9.08. The zero-order valence-electron chi connectivity index (χ0n) is 9.72. The Kier molecular flexibility index (Phi) is 4.02. The van der Waals surface area contributed by atoms with Gasteiger partial charge in [-0.2, -0.15) is 0 Å². The zero-order chi connectivity index (χ0) is 13.8. The summed E-state index contributed by atoms with van der Waals surface area (Å²) in [6.07, 6.45) is -1.24. The molecule has 0 radical (unpaired) electrons.